The van der Waals surface area contributed by atoms with E-state index in [2.05, 4.69) is 4.99 Å². The quantitative estimate of drug-likeness (QED) is 0.282. The summed E-state index contributed by atoms with van der Waals surface area (Å²) in [6.07, 6.45) is 1.36. The fourth-order valence-electron chi connectivity index (χ4n) is 4.09. The molecule has 12 heteroatoms. The van der Waals surface area contributed by atoms with E-state index in [-0.39, 0.29) is 22.3 Å². The first kappa shape index (κ1) is 25.6. The number of nitrogens with zero attached hydrogens (tertiary/aromatic N) is 3. The molecule has 2 aromatic carbocycles. The van der Waals surface area contributed by atoms with Crippen LogP contribution in [0.5, 0.6) is 17.2 Å². The van der Waals surface area contributed by atoms with Gasteiger partial charge in [0.2, 0.25) is 5.75 Å². The lowest BCUT2D eigenvalue weighted by atomic mass is 9.94. The molecule has 1 aromatic heterocycles. The second-order valence-electron chi connectivity index (χ2n) is 7.88. The van der Waals surface area contributed by atoms with Gasteiger partial charge in [0.05, 0.1) is 41.6 Å². The van der Waals surface area contributed by atoms with Crippen molar-refractivity contribution >= 4 is 29.1 Å². The highest BCUT2D eigenvalue weighted by Gasteiger charge is 2.35. The zero-order valence-corrected chi connectivity index (χ0v) is 21.2. The first-order chi connectivity index (χ1) is 17.7. The first-order valence-electron chi connectivity index (χ1n) is 11.1. The Balaban J connectivity index is 2.03. The predicted octanol–water partition coefficient (Wildman–Crippen LogP) is 2.43. The third-order valence-corrected chi connectivity index (χ3v) is 6.76. The average Bonchev–Trinajstić information content (AvgIpc) is 3.18. The van der Waals surface area contributed by atoms with Crippen LogP contribution in [0.1, 0.15) is 31.0 Å². The Morgan fingerprint density at radius 3 is 2.68 bits per heavy atom. The molecule has 1 aliphatic rings. The molecule has 1 N–H and O–H groups in total. The average molecular weight is 526 g/mol. The molecule has 0 spiro atoms. The van der Waals surface area contributed by atoms with Crippen molar-refractivity contribution in [1.29, 1.82) is 0 Å². The van der Waals surface area contributed by atoms with Gasteiger partial charge in [-0.05, 0) is 38.1 Å². The van der Waals surface area contributed by atoms with Gasteiger partial charge < -0.3 is 19.3 Å². The number of para-hydroxylation sites is 1. The Morgan fingerprint density at radius 2 is 2.03 bits per heavy atom. The topological polar surface area (TPSA) is 142 Å². The van der Waals surface area contributed by atoms with Gasteiger partial charge in [-0.3, -0.25) is 19.5 Å². The van der Waals surface area contributed by atoms with Crippen LogP contribution in [-0.4, -0.2) is 41.4 Å². The summed E-state index contributed by atoms with van der Waals surface area (Å²) in [7, 11) is 2.97. The van der Waals surface area contributed by atoms with E-state index in [4.69, 9.17) is 14.2 Å². The molecule has 0 bridgehead atoms. The van der Waals surface area contributed by atoms with Crippen molar-refractivity contribution < 1.29 is 29.0 Å². The van der Waals surface area contributed by atoms with Crippen molar-refractivity contribution in [2.24, 2.45) is 4.99 Å². The zero-order valence-electron chi connectivity index (χ0n) is 20.4. The summed E-state index contributed by atoms with van der Waals surface area (Å²) in [5, 5.41) is 21.6. The number of carbonyl (C=O) groups excluding carboxylic acids is 1. The molecule has 0 aliphatic carbocycles. The SMILES string of the molecule is CCOC(=O)C1=C(C)N=c2s/c(=C/c3cccc([N+](=O)[O-])c3O)c(=O)n2[C@H]1c1cc(OC)ccc1OC. The maximum absolute atomic E-state index is 13.7. The van der Waals surface area contributed by atoms with Gasteiger partial charge in [-0.15, -0.1) is 0 Å². The number of carbonyl (C=O) groups is 1. The van der Waals surface area contributed by atoms with Crippen LogP contribution in [0, 0.1) is 10.1 Å². The second kappa shape index (κ2) is 10.3. The van der Waals surface area contributed by atoms with Crippen LogP contribution in [0.3, 0.4) is 0 Å². The number of methoxy groups -OCH3 is 2. The van der Waals surface area contributed by atoms with Crippen LogP contribution in [-0.2, 0) is 9.53 Å². The molecule has 11 nitrogen and oxygen atoms in total. The molecule has 0 fully saturated rings. The van der Waals surface area contributed by atoms with Crippen molar-refractivity contribution in [3.63, 3.8) is 0 Å². The number of rotatable bonds is 7. The van der Waals surface area contributed by atoms with Gasteiger partial charge in [0.25, 0.3) is 5.56 Å². The van der Waals surface area contributed by atoms with Crippen LogP contribution < -0.4 is 24.4 Å². The Hall–Kier alpha value is -4.45. The number of nitro groups is 1. The van der Waals surface area contributed by atoms with Crippen LogP contribution in [0.4, 0.5) is 5.69 Å². The van der Waals surface area contributed by atoms with E-state index in [1.54, 1.807) is 32.0 Å². The van der Waals surface area contributed by atoms with Gasteiger partial charge >= 0.3 is 11.7 Å². The van der Waals surface area contributed by atoms with Crippen molar-refractivity contribution in [3.8, 4) is 17.2 Å². The second-order valence-corrected chi connectivity index (χ2v) is 8.89. The van der Waals surface area contributed by atoms with Crippen molar-refractivity contribution in [3.05, 3.63) is 88.6 Å². The van der Waals surface area contributed by atoms with Crippen molar-refractivity contribution in [2.45, 2.75) is 19.9 Å². The summed E-state index contributed by atoms with van der Waals surface area (Å²) in [4.78, 5) is 42.1. The predicted molar refractivity (Wildman–Crippen MR) is 135 cm³/mol. The van der Waals surface area contributed by atoms with Gasteiger partial charge in [0.15, 0.2) is 4.80 Å². The summed E-state index contributed by atoms with van der Waals surface area (Å²) in [5.41, 5.74) is 0.0889. The van der Waals surface area contributed by atoms with E-state index in [0.717, 1.165) is 17.4 Å². The molecule has 0 amide bonds. The minimum absolute atomic E-state index is 0.0938. The van der Waals surface area contributed by atoms with Gasteiger partial charge in [-0.1, -0.05) is 23.5 Å². The summed E-state index contributed by atoms with van der Waals surface area (Å²) in [6, 6.07) is 8.11. The summed E-state index contributed by atoms with van der Waals surface area (Å²) < 4.78 is 17.7. The number of hydrogen-bond acceptors (Lipinski definition) is 10. The number of fused-ring (bicyclic) bond motifs is 1. The molecule has 2 heterocycles. The molecule has 1 aliphatic heterocycles. The monoisotopic (exact) mass is 525 g/mol. The van der Waals surface area contributed by atoms with E-state index < -0.39 is 33.9 Å². The van der Waals surface area contributed by atoms with E-state index in [1.807, 2.05) is 0 Å². The number of benzene rings is 2. The number of esters is 1. The summed E-state index contributed by atoms with van der Waals surface area (Å²) in [6.45, 7) is 3.44. The standard InChI is InChI=1S/C25H23N3O8S/c1-5-36-24(31)20-13(2)26-25-27(21(20)16-12-15(34-3)9-10-18(16)35-4)23(30)19(37-25)11-14-7-6-8-17(22(14)29)28(32)33/h6-12,21,29H,5H2,1-4H3/b19-11+/t21-/m0/s1. The molecule has 0 saturated carbocycles. The van der Waals surface area contributed by atoms with E-state index in [9.17, 15) is 24.8 Å². The van der Waals surface area contributed by atoms with E-state index in [1.165, 1.54) is 37.0 Å². The van der Waals surface area contributed by atoms with Crippen LogP contribution in [0.25, 0.3) is 6.08 Å². The maximum Gasteiger partial charge on any atom is 0.338 e. The fraction of sp³-hybridized carbons (Fsp3) is 0.240. The highest BCUT2D eigenvalue weighted by molar-refractivity contribution is 7.07. The number of allylic oxidation sites excluding steroid dienone is 1. The number of thiazole rings is 1. The van der Waals surface area contributed by atoms with Gasteiger partial charge in [-0.2, -0.15) is 0 Å². The molecule has 192 valence electrons. The third kappa shape index (κ3) is 4.58. The lowest BCUT2D eigenvalue weighted by molar-refractivity contribution is -0.385. The maximum atomic E-state index is 13.7. The Morgan fingerprint density at radius 1 is 1.27 bits per heavy atom. The minimum Gasteiger partial charge on any atom is -0.502 e. The molecule has 37 heavy (non-hydrogen) atoms. The normalized spacial score (nSPS) is 15.1. The summed E-state index contributed by atoms with van der Waals surface area (Å²) >= 11 is 1.02. The molecule has 1 atom stereocenters. The molecule has 4 rings (SSSR count). The summed E-state index contributed by atoms with van der Waals surface area (Å²) in [5.74, 6) is -0.303. The lowest BCUT2D eigenvalue weighted by Gasteiger charge is -2.26. The number of hydrogen-bond donors (Lipinski definition) is 1. The van der Waals surface area contributed by atoms with Crippen molar-refractivity contribution in [2.75, 3.05) is 20.8 Å². The first-order valence-corrected chi connectivity index (χ1v) is 11.9. The number of aromatic hydroxyl groups is 1. The van der Waals surface area contributed by atoms with Gasteiger partial charge in [-0.25, -0.2) is 9.79 Å². The molecular formula is C25H23N3O8S. The molecule has 0 saturated heterocycles. The lowest BCUT2D eigenvalue weighted by Crippen LogP contribution is -2.40. The van der Waals surface area contributed by atoms with E-state index in [0.29, 0.717) is 27.6 Å². The number of ether oxygens (including phenoxy) is 3. The van der Waals surface area contributed by atoms with E-state index >= 15 is 0 Å². The number of nitro benzene ring substituents is 1. The smallest absolute Gasteiger partial charge is 0.338 e. The highest BCUT2D eigenvalue weighted by atomic mass is 32.1. The fourth-order valence-corrected chi connectivity index (χ4v) is 5.13. The highest BCUT2D eigenvalue weighted by Crippen LogP contribution is 2.38. The zero-order chi connectivity index (χ0) is 26.9. The number of phenolic OH excluding ortho intramolecular Hbond substituents is 1. The van der Waals surface area contributed by atoms with Crippen molar-refractivity contribution in [1.82, 2.24) is 4.57 Å². The van der Waals surface area contributed by atoms with Crippen LogP contribution >= 0.6 is 11.3 Å². The number of aromatic nitrogens is 1. The Kier molecular flexibility index (Phi) is 7.11. The molecule has 0 radical (unpaired) electrons. The van der Waals surface area contributed by atoms with Crippen LogP contribution in [0.15, 0.2) is 57.5 Å². The Labute approximate surface area is 214 Å². The van der Waals surface area contributed by atoms with Gasteiger partial charge in [0, 0.05) is 17.2 Å². The van der Waals surface area contributed by atoms with Gasteiger partial charge in [0.1, 0.15) is 17.5 Å². The molecule has 3 aromatic rings. The third-order valence-electron chi connectivity index (χ3n) is 5.78. The number of phenols is 1. The Bertz CT molecular complexity index is 1620. The molecule has 0 unspecified atom stereocenters. The van der Waals surface area contributed by atoms with Crippen LogP contribution in [0.2, 0.25) is 0 Å². The minimum atomic E-state index is -0.957. The molecular weight excluding hydrogens is 502 g/mol. The largest absolute Gasteiger partial charge is 0.502 e.